The van der Waals surface area contributed by atoms with E-state index in [1.165, 1.54) is 12.1 Å². The van der Waals surface area contributed by atoms with Crippen molar-refractivity contribution in [2.45, 2.75) is 6.92 Å². The lowest BCUT2D eigenvalue weighted by molar-refractivity contribution is -0.384. The van der Waals surface area contributed by atoms with E-state index < -0.39 is 4.92 Å². The van der Waals surface area contributed by atoms with Crippen LogP contribution in [-0.4, -0.2) is 22.3 Å². The third kappa shape index (κ3) is 4.84. The van der Waals surface area contributed by atoms with Gasteiger partial charge in [-0.15, -0.1) is 6.58 Å². The van der Waals surface area contributed by atoms with Crippen LogP contribution >= 0.6 is 12.2 Å². The molecule has 19 heavy (non-hydrogen) atoms. The molecule has 1 aromatic carbocycles. The molecule has 0 unspecified atom stereocenters. The van der Waals surface area contributed by atoms with Crippen molar-refractivity contribution in [2.24, 2.45) is 5.10 Å². The first-order valence-corrected chi connectivity index (χ1v) is 5.89. The number of hydrazone groups is 1. The second-order valence-corrected chi connectivity index (χ2v) is 4.02. The quantitative estimate of drug-likeness (QED) is 0.283. The second-order valence-electron chi connectivity index (χ2n) is 3.61. The Morgan fingerprint density at radius 1 is 1.53 bits per heavy atom. The molecule has 0 bridgehead atoms. The normalized spacial score (nSPS) is 10.7. The Labute approximate surface area is 116 Å². The van der Waals surface area contributed by atoms with E-state index in [9.17, 15) is 10.1 Å². The zero-order chi connectivity index (χ0) is 14.3. The average Bonchev–Trinajstić information content (AvgIpc) is 2.42. The van der Waals surface area contributed by atoms with Crippen molar-refractivity contribution in [3.05, 3.63) is 52.6 Å². The van der Waals surface area contributed by atoms with Crippen molar-refractivity contribution in [1.29, 1.82) is 0 Å². The van der Waals surface area contributed by atoms with Crippen LogP contribution in [0, 0.1) is 10.1 Å². The van der Waals surface area contributed by atoms with Gasteiger partial charge in [0, 0.05) is 18.7 Å². The van der Waals surface area contributed by atoms with Gasteiger partial charge in [0.15, 0.2) is 5.11 Å². The maximum atomic E-state index is 10.5. The number of nitrogens with one attached hydrogen (secondary N) is 2. The van der Waals surface area contributed by atoms with Crippen LogP contribution in [0.4, 0.5) is 5.69 Å². The summed E-state index contributed by atoms with van der Waals surface area (Å²) in [6.07, 6.45) is 1.68. The number of thiocarbonyl (C=S) groups is 1. The summed E-state index contributed by atoms with van der Waals surface area (Å²) in [7, 11) is 0. The first-order valence-electron chi connectivity index (χ1n) is 5.48. The molecule has 0 aliphatic carbocycles. The summed E-state index contributed by atoms with van der Waals surface area (Å²) >= 11 is 4.98. The van der Waals surface area contributed by atoms with Crippen molar-refractivity contribution in [1.82, 2.24) is 10.7 Å². The van der Waals surface area contributed by atoms with Gasteiger partial charge in [0.2, 0.25) is 0 Å². The third-order valence-electron chi connectivity index (χ3n) is 2.23. The van der Waals surface area contributed by atoms with Gasteiger partial charge in [-0.2, -0.15) is 5.10 Å². The van der Waals surface area contributed by atoms with E-state index in [4.69, 9.17) is 12.2 Å². The van der Waals surface area contributed by atoms with Gasteiger partial charge in [-0.1, -0.05) is 6.08 Å². The Bertz CT molecular complexity index is 511. The van der Waals surface area contributed by atoms with Crippen LogP contribution in [0.5, 0.6) is 0 Å². The second kappa shape index (κ2) is 7.22. The van der Waals surface area contributed by atoms with Crippen LogP contribution in [0.25, 0.3) is 0 Å². The van der Waals surface area contributed by atoms with E-state index in [0.717, 1.165) is 5.56 Å². The lowest BCUT2D eigenvalue weighted by Gasteiger charge is -2.05. The molecule has 0 aliphatic heterocycles. The lowest BCUT2D eigenvalue weighted by atomic mass is 10.1. The van der Waals surface area contributed by atoms with Crippen LogP contribution in [-0.2, 0) is 0 Å². The van der Waals surface area contributed by atoms with Crippen molar-refractivity contribution in [2.75, 3.05) is 6.54 Å². The fraction of sp³-hybridized carbons (Fsp3) is 0.167. The van der Waals surface area contributed by atoms with Gasteiger partial charge in [-0.05, 0) is 36.8 Å². The largest absolute Gasteiger partial charge is 0.358 e. The van der Waals surface area contributed by atoms with Crippen molar-refractivity contribution in [3.8, 4) is 0 Å². The summed E-state index contributed by atoms with van der Waals surface area (Å²) in [4.78, 5) is 10.1. The summed E-state index contributed by atoms with van der Waals surface area (Å²) in [5.74, 6) is 0. The molecule has 0 saturated carbocycles. The van der Waals surface area contributed by atoms with E-state index in [1.807, 2.05) is 0 Å². The summed E-state index contributed by atoms with van der Waals surface area (Å²) < 4.78 is 0. The zero-order valence-electron chi connectivity index (χ0n) is 10.4. The van der Waals surface area contributed by atoms with E-state index in [-0.39, 0.29) is 5.69 Å². The first kappa shape index (κ1) is 14.8. The molecule has 1 aromatic rings. The summed E-state index contributed by atoms with van der Waals surface area (Å²) in [6, 6.07) is 6.14. The molecule has 7 heteroatoms. The topological polar surface area (TPSA) is 79.6 Å². The Balaban J connectivity index is 2.66. The number of nitrogens with zero attached hydrogens (tertiary/aromatic N) is 2. The first-order chi connectivity index (χ1) is 9.04. The Kier molecular flexibility index (Phi) is 5.62. The fourth-order valence-electron chi connectivity index (χ4n) is 1.23. The SMILES string of the molecule is C=CCNC(=S)NN=C(C)c1ccc([N+](=O)[O-])cc1. The van der Waals surface area contributed by atoms with Gasteiger partial charge in [0.1, 0.15) is 0 Å². The number of rotatable bonds is 5. The predicted molar refractivity (Wildman–Crippen MR) is 79.2 cm³/mol. The van der Waals surface area contributed by atoms with E-state index in [2.05, 4.69) is 22.4 Å². The fourth-order valence-corrected chi connectivity index (χ4v) is 1.36. The zero-order valence-corrected chi connectivity index (χ0v) is 11.2. The molecular formula is C12H14N4O2S. The van der Waals surface area contributed by atoms with Gasteiger partial charge in [-0.25, -0.2) is 0 Å². The third-order valence-corrected chi connectivity index (χ3v) is 2.46. The van der Waals surface area contributed by atoms with E-state index >= 15 is 0 Å². The van der Waals surface area contributed by atoms with Gasteiger partial charge in [0.05, 0.1) is 10.6 Å². The number of benzene rings is 1. The lowest BCUT2D eigenvalue weighted by Crippen LogP contribution is -2.32. The Morgan fingerprint density at radius 3 is 2.68 bits per heavy atom. The van der Waals surface area contributed by atoms with Crippen molar-refractivity contribution >= 4 is 28.7 Å². The molecule has 1 rings (SSSR count). The smallest absolute Gasteiger partial charge is 0.269 e. The van der Waals surface area contributed by atoms with Crippen molar-refractivity contribution in [3.63, 3.8) is 0 Å². The molecule has 6 nitrogen and oxygen atoms in total. The molecule has 0 aromatic heterocycles. The summed E-state index contributed by atoms with van der Waals surface area (Å²) in [5.41, 5.74) is 4.19. The van der Waals surface area contributed by atoms with Crippen LogP contribution in [0.1, 0.15) is 12.5 Å². The summed E-state index contributed by atoms with van der Waals surface area (Å²) in [5, 5.41) is 17.9. The highest BCUT2D eigenvalue weighted by Crippen LogP contribution is 2.12. The van der Waals surface area contributed by atoms with Crippen molar-refractivity contribution < 1.29 is 4.92 Å². The highest BCUT2D eigenvalue weighted by Gasteiger charge is 2.05. The van der Waals surface area contributed by atoms with Crippen LogP contribution in [0.15, 0.2) is 42.0 Å². The molecule has 0 aliphatic rings. The average molecular weight is 278 g/mol. The van der Waals surface area contributed by atoms with Gasteiger partial charge in [-0.3, -0.25) is 15.5 Å². The molecule has 2 N–H and O–H groups in total. The number of non-ortho nitro benzene ring substituents is 1. The molecule has 0 amide bonds. The molecule has 0 heterocycles. The molecule has 0 spiro atoms. The molecule has 0 atom stereocenters. The maximum Gasteiger partial charge on any atom is 0.269 e. The highest BCUT2D eigenvalue weighted by atomic mass is 32.1. The van der Waals surface area contributed by atoms with Gasteiger partial charge < -0.3 is 5.32 Å². The maximum absolute atomic E-state index is 10.5. The number of hydrogen-bond acceptors (Lipinski definition) is 4. The number of hydrogen-bond donors (Lipinski definition) is 2. The van der Waals surface area contributed by atoms with Gasteiger partial charge >= 0.3 is 0 Å². The Hall–Kier alpha value is -2.28. The van der Waals surface area contributed by atoms with E-state index in [1.54, 1.807) is 25.1 Å². The number of nitro benzene ring substituents is 1. The monoisotopic (exact) mass is 278 g/mol. The number of nitro groups is 1. The minimum Gasteiger partial charge on any atom is -0.358 e. The van der Waals surface area contributed by atoms with Crippen LogP contribution in [0.2, 0.25) is 0 Å². The molecular weight excluding hydrogens is 264 g/mol. The molecule has 100 valence electrons. The summed E-state index contributed by atoms with van der Waals surface area (Å²) in [6.45, 7) is 5.89. The predicted octanol–water partition coefficient (Wildman–Crippen LogP) is 1.97. The standard InChI is InChI=1S/C12H14N4O2S/c1-3-8-13-12(19)15-14-9(2)10-4-6-11(7-5-10)16(17)18/h3-7H,1,8H2,2H3,(H2,13,15,19). The molecule has 0 radical (unpaired) electrons. The van der Waals surface area contributed by atoms with E-state index in [0.29, 0.717) is 17.4 Å². The van der Waals surface area contributed by atoms with Gasteiger partial charge in [0.25, 0.3) is 5.69 Å². The Morgan fingerprint density at radius 2 is 2.16 bits per heavy atom. The molecule has 0 saturated heterocycles. The van der Waals surface area contributed by atoms with Crippen LogP contribution < -0.4 is 10.7 Å². The van der Waals surface area contributed by atoms with Crippen LogP contribution in [0.3, 0.4) is 0 Å². The highest BCUT2D eigenvalue weighted by molar-refractivity contribution is 7.80. The molecule has 0 fully saturated rings. The minimum atomic E-state index is -0.442. The minimum absolute atomic E-state index is 0.0488.